The number of halogens is 2. The van der Waals surface area contributed by atoms with E-state index in [2.05, 4.69) is 0 Å². The summed E-state index contributed by atoms with van der Waals surface area (Å²) in [7, 11) is 0. The molecule has 4 nitrogen and oxygen atoms in total. The van der Waals surface area contributed by atoms with Crippen molar-refractivity contribution in [1.29, 1.82) is 0 Å². The minimum atomic E-state index is -0.841. The van der Waals surface area contributed by atoms with Gasteiger partial charge in [0.2, 0.25) is 0 Å². The van der Waals surface area contributed by atoms with Gasteiger partial charge in [0.1, 0.15) is 11.6 Å². The van der Waals surface area contributed by atoms with Gasteiger partial charge in [-0.3, -0.25) is 4.90 Å². The van der Waals surface area contributed by atoms with Crippen LogP contribution in [0.3, 0.4) is 0 Å². The Hall–Kier alpha value is -1.85. The van der Waals surface area contributed by atoms with Crippen molar-refractivity contribution in [3.63, 3.8) is 0 Å². The Balaban J connectivity index is 2.39. The first kappa shape index (κ1) is 10.7. The first-order chi connectivity index (χ1) is 7.59. The topological polar surface area (TPSA) is 55.6 Å². The van der Waals surface area contributed by atoms with Crippen LogP contribution >= 0.6 is 0 Å². The number of rotatable bonds is 1. The van der Waals surface area contributed by atoms with Gasteiger partial charge in [-0.05, 0) is 12.5 Å². The molecule has 1 heterocycles. The lowest BCUT2D eigenvalue weighted by atomic mass is 10.2. The van der Waals surface area contributed by atoms with Gasteiger partial charge >= 0.3 is 6.09 Å². The molecule has 1 fully saturated rings. The van der Waals surface area contributed by atoms with Gasteiger partial charge in [-0.2, -0.15) is 0 Å². The van der Waals surface area contributed by atoms with E-state index in [4.69, 9.17) is 10.5 Å². The largest absolute Gasteiger partial charge is 0.449 e. The molecule has 0 aromatic heterocycles. The highest BCUT2D eigenvalue weighted by Gasteiger charge is 2.24. The third-order valence-corrected chi connectivity index (χ3v) is 2.33. The summed E-state index contributed by atoms with van der Waals surface area (Å²) in [5.74, 6) is -1.67. The fourth-order valence-electron chi connectivity index (χ4n) is 1.53. The molecule has 1 aliphatic rings. The molecule has 0 saturated carbocycles. The lowest BCUT2D eigenvalue weighted by Crippen LogP contribution is -2.38. The minimum Gasteiger partial charge on any atom is -0.449 e. The molecule has 0 aliphatic carbocycles. The SMILES string of the molecule is Nc1cc(N2CCCOC2=O)c(F)cc1F. The second-order valence-electron chi connectivity index (χ2n) is 3.44. The molecule has 1 saturated heterocycles. The van der Waals surface area contributed by atoms with Crippen molar-refractivity contribution < 1.29 is 18.3 Å². The van der Waals surface area contributed by atoms with Crippen LogP contribution in [0, 0.1) is 11.6 Å². The number of benzene rings is 1. The molecule has 0 bridgehead atoms. The monoisotopic (exact) mass is 228 g/mol. The van der Waals surface area contributed by atoms with Crippen LogP contribution in [0.15, 0.2) is 12.1 Å². The molecule has 1 aromatic rings. The Labute approximate surface area is 90.6 Å². The molecule has 0 spiro atoms. The predicted molar refractivity (Wildman–Crippen MR) is 54.1 cm³/mol. The van der Waals surface area contributed by atoms with Gasteiger partial charge in [0.05, 0.1) is 18.0 Å². The second-order valence-corrected chi connectivity index (χ2v) is 3.44. The number of cyclic esters (lactones) is 1. The van der Waals surface area contributed by atoms with Gasteiger partial charge < -0.3 is 10.5 Å². The van der Waals surface area contributed by atoms with E-state index in [1.54, 1.807) is 0 Å². The Morgan fingerprint density at radius 2 is 2.06 bits per heavy atom. The van der Waals surface area contributed by atoms with Crippen LogP contribution in [0.4, 0.5) is 25.0 Å². The van der Waals surface area contributed by atoms with Crippen molar-refractivity contribution in [1.82, 2.24) is 0 Å². The molecule has 2 N–H and O–H groups in total. The normalized spacial score (nSPS) is 16.1. The maximum atomic E-state index is 13.4. The number of carbonyl (C=O) groups is 1. The first-order valence-corrected chi connectivity index (χ1v) is 4.78. The molecule has 0 unspecified atom stereocenters. The van der Waals surface area contributed by atoms with Crippen molar-refractivity contribution in [2.75, 3.05) is 23.8 Å². The Morgan fingerprint density at radius 1 is 1.31 bits per heavy atom. The molecule has 6 heteroatoms. The summed E-state index contributed by atoms with van der Waals surface area (Å²) >= 11 is 0. The van der Waals surface area contributed by atoms with Crippen LogP contribution in [-0.2, 0) is 4.74 Å². The Morgan fingerprint density at radius 3 is 2.75 bits per heavy atom. The predicted octanol–water partition coefficient (Wildman–Crippen LogP) is 1.89. The van der Waals surface area contributed by atoms with Gasteiger partial charge in [-0.25, -0.2) is 13.6 Å². The van der Waals surface area contributed by atoms with Gasteiger partial charge in [0, 0.05) is 12.6 Å². The molecule has 1 amide bonds. The van der Waals surface area contributed by atoms with Crippen LogP contribution in [0.25, 0.3) is 0 Å². The van der Waals surface area contributed by atoms with Gasteiger partial charge in [-0.15, -0.1) is 0 Å². The molecule has 1 aliphatic heterocycles. The van der Waals surface area contributed by atoms with Crippen LogP contribution in [0.5, 0.6) is 0 Å². The number of hydrogen-bond acceptors (Lipinski definition) is 3. The summed E-state index contributed by atoms with van der Waals surface area (Å²) in [5.41, 5.74) is 5.07. The fourth-order valence-corrected chi connectivity index (χ4v) is 1.53. The molecular formula is C10H10F2N2O2. The van der Waals surface area contributed by atoms with Crippen molar-refractivity contribution in [3.8, 4) is 0 Å². The molecule has 86 valence electrons. The number of amides is 1. The average Bonchev–Trinajstić information content (AvgIpc) is 2.25. The summed E-state index contributed by atoms with van der Waals surface area (Å²) < 4.78 is 31.1. The molecule has 2 rings (SSSR count). The van der Waals surface area contributed by atoms with Gasteiger partial charge in [0.25, 0.3) is 0 Å². The highest BCUT2D eigenvalue weighted by molar-refractivity contribution is 5.89. The molecule has 1 aromatic carbocycles. The summed E-state index contributed by atoms with van der Waals surface area (Å²) in [6.07, 6.45) is -0.0428. The van der Waals surface area contributed by atoms with Crippen molar-refractivity contribution >= 4 is 17.5 Å². The number of hydrogen-bond donors (Lipinski definition) is 1. The van der Waals surface area contributed by atoms with Crippen LogP contribution in [0.1, 0.15) is 6.42 Å². The number of nitrogens with two attached hydrogens (primary N) is 1. The highest BCUT2D eigenvalue weighted by Crippen LogP contribution is 2.26. The highest BCUT2D eigenvalue weighted by atomic mass is 19.1. The summed E-state index contributed by atoms with van der Waals surface area (Å²) in [5, 5.41) is 0. The lowest BCUT2D eigenvalue weighted by molar-refractivity contribution is 0.140. The van der Waals surface area contributed by atoms with Crippen molar-refractivity contribution in [2.45, 2.75) is 6.42 Å². The maximum Gasteiger partial charge on any atom is 0.414 e. The van der Waals surface area contributed by atoms with Crippen LogP contribution < -0.4 is 10.6 Å². The number of anilines is 2. The zero-order valence-corrected chi connectivity index (χ0v) is 8.37. The zero-order valence-electron chi connectivity index (χ0n) is 8.37. The molecular weight excluding hydrogens is 218 g/mol. The van der Waals surface area contributed by atoms with Crippen molar-refractivity contribution in [3.05, 3.63) is 23.8 Å². The third kappa shape index (κ3) is 1.78. The van der Waals surface area contributed by atoms with E-state index in [9.17, 15) is 13.6 Å². The number of nitrogen functional groups attached to an aromatic ring is 1. The molecule has 0 radical (unpaired) electrons. The number of nitrogens with zero attached hydrogens (tertiary/aromatic N) is 1. The Bertz CT molecular complexity index is 437. The summed E-state index contributed by atoms with van der Waals surface area (Å²) in [4.78, 5) is 12.5. The summed E-state index contributed by atoms with van der Waals surface area (Å²) in [6, 6.07) is 1.75. The smallest absolute Gasteiger partial charge is 0.414 e. The third-order valence-electron chi connectivity index (χ3n) is 2.33. The van der Waals surface area contributed by atoms with Crippen LogP contribution in [0.2, 0.25) is 0 Å². The number of ether oxygens (including phenoxy) is 1. The Kier molecular flexibility index (Phi) is 2.64. The van der Waals surface area contributed by atoms with E-state index in [-0.39, 0.29) is 11.4 Å². The minimum absolute atomic E-state index is 0.0522. The molecule has 0 atom stereocenters. The van der Waals surface area contributed by atoms with E-state index >= 15 is 0 Å². The average molecular weight is 228 g/mol. The van der Waals surface area contributed by atoms with E-state index in [1.165, 1.54) is 0 Å². The van der Waals surface area contributed by atoms with Crippen LogP contribution in [-0.4, -0.2) is 19.2 Å². The fraction of sp³-hybridized carbons (Fsp3) is 0.300. The van der Waals surface area contributed by atoms with E-state index in [0.717, 1.165) is 11.0 Å². The quantitative estimate of drug-likeness (QED) is 0.747. The van der Waals surface area contributed by atoms with E-state index < -0.39 is 17.7 Å². The van der Waals surface area contributed by atoms with Crippen molar-refractivity contribution in [2.24, 2.45) is 0 Å². The first-order valence-electron chi connectivity index (χ1n) is 4.78. The van der Waals surface area contributed by atoms with E-state index in [1.807, 2.05) is 0 Å². The number of carbonyl (C=O) groups excluding carboxylic acids is 1. The second kappa shape index (κ2) is 3.96. The van der Waals surface area contributed by atoms with Gasteiger partial charge in [0.15, 0.2) is 0 Å². The van der Waals surface area contributed by atoms with E-state index in [0.29, 0.717) is 25.6 Å². The zero-order chi connectivity index (χ0) is 11.7. The van der Waals surface area contributed by atoms with Gasteiger partial charge in [-0.1, -0.05) is 0 Å². The summed E-state index contributed by atoms with van der Waals surface area (Å²) in [6.45, 7) is 0.647. The standard InChI is InChI=1S/C10H10F2N2O2/c11-6-4-7(12)9(5-8(6)13)14-2-1-3-16-10(14)15/h4-5H,1-3,13H2. The maximum absolute atomic E-state index is 13.4. The lowest BCUT2D eigenvalue weighted by Gasteiger charge is -2.26. The molecule has 16 heavy (non-hydrogen) atoms.